The Kier molecular flexibility index (Phi) is 5.67. The summed E-state index contributed by atoms with van der Waals surface area (Å²) in [7, 11) is -3.44. The summed E-state index contributed by atoms with van der Waals surface area (Å²) < 4.78 is 22.7. The predicted molar refractivity (Wildman–Crippen MR) is 94.3 cm³/mol. The van der Waals surface area contributed by atoms with E-state index in [9.17, 15) is 13.2 Å². The maximum Gasteiger partial charge on any atom is 0.244 e. The van der Waals surface area contributed by atoms with E-state index in [-0.39, 0.29) is 0 Å². The largest absolute Gasteiger partial charge is 0.301 e. The first kappa shape index (κ1) is 18.2. The topological polar surface area (TPSA) is 76.1 Å². The zero-order valence-corrected chi connectivity index (χ0v) is 15.5. The van der Waals surface area contributed by atoms with E-state index in [1.807, 2.05) is 0 Å². The van der Waals surface area contributed by atoms with Crippen LogP contribution in [0.15, 0.2) is 24.4 Å². The van der Waals surface area contributed by atoms with Crippen molar-refractivity contribution in [2.24, 2.45) is 0 Å². The Labute approximate surface area is 148 Å². The van der Waals surface area contributed by atoms with Gasteiger partial charge in [-0.3, -0.25) is 4.79 Å². The van der Waals surface area contributed by atoms with E-state index in [1.165, 1.54) is 18.3 Å². The van der Waals surface area contributed by atoms with Crippen molar-refractivity contribution in [2.45, 2.75) is 18.6 Å². The molecule has 1 amide bonds. The van der Waals surface area contributed by atoms with Crippen LogP contribution in [0.1, 0.15) is 17.4 Å². The third-order valence-corrected chi connectivity index (χ3v) is 6.18. The molecule has 1 heterocycles. The van der Waals surface area contributed by atoms with E-state index in [0.29, 0.717) is 21.6 Å². The van der Waals surface area contributed by atoms with Gasteiger partial charge in [0.05, 0.1) is 0 Å². The molecule has 0 saturated carbocycles. The lowest BCUT2D eigenvalue weighted by atomic mass is 10.1. The second-order valence-corrected chi connectivity index (χ2v) is 9.33. The molecule has 0 bridgehead atoms. The van der Waals surface area contributed by atoms with Crippen molar-refractivity contribution in [3.05, 3.63) is 44.9 Å². The number of nitrogens with zero attached hydrogens (tertiary/aromatic N) is 1. The number of carbonyl (C=O) groups excluding carboxylic acids is 1. The zero-order valence-electron chi connectivity index (χ0n) is 12.3. The standard InChI is InChI=1S/C14H14Cl2N2O3S2/c1-8(23(2,20)21)13(19)18-14-17-7-11(22-14)6-9-5-10(15)3-4-12(9)16/h3-5,7-8H,6H2,1-2H3,(H,17,18,19). The molecule has 1 N–H and O–H groups in total. The first-order valence-corrected chi connectivity index (χ1v) is 10.1. The van der Waals surface area contributed by atoms with Crippen molar-refractivity contribution < 1.29 is 13.2 Å². The van der Waals surface area contributed by atoms with E-state index in [0.717, 1.165) is 16.7 Å². The number of hydrogen-bond acceptors (Lipinski definition) is 5. The van der Waals surface area contributed by atoms with E-state index in [4.69, 9.17) is 23.2 Å². The number of benzene rings is 1. The van der Waals surface area contributed by atoms with Gasteiger partial charge in [-0.25, -0.2) is 13.4 Å². The van der Waals surface area contributed by atoms with Gasteiger partial charge in [0.15, 0.2) is 15.0 Å². The highest BCUT2D eigenvalue weighted by Crippen LogP contribution is 2.27. The van der Waals surface area contributed by atoms with Crippen LogP contribution >= 0.6 is 34.5 Å². The summed E-state index contributed by atoms with van der Waals surface area (Å²) in [6, 6.07) is 5.20. The van der Waals surface area contributed by atoms with Gasteiger partial charge in [0, 0.05) is 33.8 Å². The lowest BCUT2D eigenvalue weighted by molar-refractivity contribution is -0.115. The molecule has 0 aliphatic rings. The number of sulfone groups is 1. The Bertz CT molecular complexity index is 834. The maximum atomic E-state index is 11.9. The Morgan fingerprint density at radius 3 is 2.74 bits per heavy atom. The molecule has 124 valence electrons. The number of rotatable bonds is 5. The molecule has 5 nitrogen and oxygen atoms in total. The Morgan fingerprint density at radius 1 is 1.39 bits per heavy atom. The van der Waals surface area contributed by atoms with E-state index in [2.05, 4.69) is 10.3 Å². The van der Waals surface area contributed by atoms with Crippen molar-refractivity contribution in [2.75, 3.05) is 11.6 Å². The van der Waals surface area contributed by atoms with Crippen LogP contribution in [-0.2, 0) is 21.1 Å². The smallest absolute Gasteiger partial charge is 0.244 e. The Balaban J connectivity index is 2.09. The Hall–Kier alpha value is -1.15. The minimum Gasteiger partial charge on any atom is -0.301 e. The molecule has 0 aliphatic carbocycles. The van der Waals surface area contributed by atoms with E-state index < -0.39 is 21.0 Å². The number of nitrogens with one attached hydrogen (secondary N) is 1. The highest BCUT2D eigenvalue weighted by molar-refractivity contribution is 7.92. The highest BCUT2D eigenvalue weighted by Gasteiger charge is 2.24. The third-order valence-electron chi connectivity index (χ3n) is 3.17. The monoisotopic (exact) mass is 392 g/mol. The summed E-state index contributed by atoms with van der Waals surface area (Å²) in [4.78, 5) is 16.8. The quantitative estimate of drug-likeness (QED) is 0.845. The fourth-order valence-corrected chi connectivity index (χ4v) is 3.38. The minimum atomic E-state index is -3.44. The summed E-state index contributed by atoms with van der Waals surface area (Å²) in [6.45, 7) is 1.34. The van der Waals surface area contributed by atoms with Crippen LogP contribution < -0.4 is 5.32 Å². The second-order valence-electron chi connectivity index (χ2n) is 5.01. The number of anilines is 1. The molecule has 1 atom stereocenters. The zero-order chi connectivity index (χ0) is 17.2. The first-order valence-electron chi connectivity index (χ1n) is 6.55. The minimum absolute atomic E-state index is 0.346. The van der Waals surface area contributed by atoms with Crippen LogP contribution in [0.5, 0.6) is 0 Å². The number of aromatic nitrogens is 1. The summed E-state index contributed by atoms with van der Waals surface area (Å²) in [6.07, 6.45) is 3.16. The van der Waals surface area contributed by atoms with Crippen LogP contribution in [-0.4, -0.2) is 30.8 Å². The second kappa shape index (κ2) is 7.17. The number of hydrogen-bond donors (Lipinski definition) is 1. The Morgan fingerprint density at radius 2 is 2.09 bits per heavy atom. The van der Waals surface area contributed by atoms with Gasteiger partial charge in [-0.05, 0) is 30.7 Å². The van der Waals surface area contributed by atoms with Crippen LogP contribution in [0.2, 0.25) is 10.0 Å². The molecular weight excluding hydrogens is 379 g/mol. The van der Waals surface area contributed by atoms with E-state index >= 15 is 0 Å². The van der Waals surface area contributed by atoms with Crippen LogP contribution in [0.3, 0.4) is 0 Å². The van der Waals surface area contributed by atoms with Crippen molar-refractivity contribution in [3.63, 3.8) is 0 Å². The van der Waals surface area contributed by atoms with Crippen LogP contribution in [0.25, 0.3) is 0 Å². The number of amides is 1. The molecule has 1 unspecified atom stereocenters. The summed E-state index contributed by atoms with van der Waals surface area (Å²) >= 11 is 13.3. The lowest BCUT2D eigenvalue weighted by Crippen LogP contribution is -2.31. The van der Waals surface area contributed by atoms with Gasteiger partial charge in [0.25, 0.3) is 0 Å². The fraction of sp³-hybridized carbons (Fsp3) is 0.286. The van der Waals surface area contributed by atoms with Gasteiger partial charge in [-0.1, -0.05) is 23.2 Å². The molecule has 23 heavy (non-hydrogen) atoms. The summed E-state index contributed by atoms with van der Waals surface area (Å²) in [5.41, 5.74) is 0.852. The predicted octanol–water partition coefficient (Wildman–Crippen LogP) is 3.41. The van der Waals surface area contributed by atoms with Gasteiger partial charge in [-0.2, -0.15) is 0 Å². The van der Waals surface area contributed by atoms with Crippen molar-refractivity contribution in [1.82, 2.24) is 4.98 Å². The molecule has 0 saturated heterocycles. The number of halogens is 2. The molecule has 0 radical (unpaired) electrons. The van der Waals surface area contributed by atoms with Gasteiger partial charge < -0.3 is 5.32 Å². The fourth-order valence-electron chi connectivity index (χ4n) is 1.71. The number of carbonyl (C=O) groups is 1. The van der Waals surface area contributed by atoms with Gasteiger partial charge in [-0.15, -0.1) is 11.3 Å². The van der Waals surface area contributed by atoms with Crippen LogP contribution in [0.4, 0.5) is 5.13 Å². The molecule has 0 aliphatic heterocycles. The lowest BCUT2D eigenvalue weighted by Gasteiger charge is -2.07. The number of thiazole rings is 1. The molecule has 1 aromatic carbocycles. The molecule has 2 aromatic rings. The molecular formula is C14H14Cl2N2O3S2. The van der Waals surface area contributed by atoms with Crippen molar-refractivity contribution in [3.8, 4) is 0 Å². The molecule has 2 rings (SSSR count). The molecule has 9 heteroatoms. The van der Waals surface area contributed by atoms with Gasteiger partial charge in [0.2, 0.25) is 5.91 Å². The van der Waals surface area contributed by atoms with Gasteiger partial charge >= 0.3 is 0 Å². The third kappa shape index (κ3) is 4.91. The highest BCUT2D eigenvalue weighted by atomic mass is 35.5. The van der Waals surface area contributed by atoms with Crippen LogP contribution in [0, 0.1) is 0 Å². The molecule has 0 spiro atoms. The SMILES string of the molecule is CC(C(=O)Nc1ncc(Cc2cc(Cl)ccc2Cl)s1)S(C)(=O)=O. The maximum absolute atomic E-state index is 11.9. The van der Waals surface area contributed by atoms with Crippen molar-refractivity contribution in [1.29, 1.82) is 0 Å². The average molecular weight is 393 g/mol. The normalized spacial score (nSPS) is 12.9. The average Bonchev–Trinajstić information content (AvgIpc) is 2.88. The van der Waals surface area contributed by atoms with Crippen molar-refractivity contribution >= 4 is 55.4 Å². The van der Waals surface area contributed by atoms with E-state index in [1.54, 1.807) is 24.4 Å². The molecule has 0 fully saturated rings. The molecule has 1 aromatic heterocycles. The van der Waals surface area contributed by atoms with Gasteiger partial charge in [0.1, 0.15) is 5.25 Å². The first-order chi connectivity index (χ1) is 10.7. The summed E-state index contributed by atoms with van der Waals surface area (Å²) in [5, 5.41) is 2.91. The summed E-state index contributed by atoms with van der Waals surface area (Å²) in [5.74, 6) is -0.603.